The average molecular weight is 285 g/mol. The second-order valence-electron chi connectivity index (χ2n) is 4.79. The van der Waals surface area contributed by atoms with Gasteiger partial charge in [0.15, 0.2) is 0 Å². The summed E-state index contributed by atoms with van der Waals surface area (Å²) in [4.78, 5) is 0. The molecule has 4 nitrogen and oxygen atoms in total. The van der Waals surface area contributed by atoms with Crippen LogP contribution in [0.25, 0.3) is 0 Å². The van der Waals surface area contributed by atoms with Crippen LogP contribution in [-0.2, 0) is 10.0 Å². The fourth-order valence-corrected chi connectivity index (χ4v) is 3.16. The van der Waals surface area contributed by atoms with E-state index in [9.17, 15) is 8.42 Å². The van der Waals surface area contributed by atoms with E-state index in [0.717, 1.165) is 16.9 Å². The number of ether oxygens (including phenoxy) is 1. The van der Waals surface area contributed by atoms with Gasteiger partial charge in [-0.3, -0.25) is 0 Å². The summed E-state index contributed by atoms with van der Waals surface area (Å²) in [6.45, 7) is 8.52. The monoisotopic (exact) mass is 285 g/mol. The molecule has 0 aliphatic heterocycles. The van der Waals surface area contributed by atoms with Crippen molar-refractivity contribution in [2.75, 3.05) is 18.9 Å². The molecule has 0 aliphatic rings. The lowest BCUT2D eigenvalue weighted by Gasteiger charge is -2.13. The van der Waals surface area contributed by atoms with Crippen molar-refractivity contribution in [3.63, 3.8) is 0 Å². The molecule has 19 heavy (non-hydrogen) atoms. The average Bonchev–Trinajstić information content (AvgIpc) is 2.26. The Kier molecular flexibility index (Phi) is 5.82. The van der Waals surface area contributed by atoms with Crippen LogP contribution in [0.4, 0.5) is 0 Å². The Morgan fingerprint density at radius 2 is 1.74 bits per heavy atom. The standard InChI is InChI=1S/C14H23NO3S/c1-5-8-19(16,17)15-6-7-18-14-12(3)9-11(2)10-13(14)4/h9-10,15H,5-8H2,1-4H3. The first-order valence-electron chi connectivity index (χ1n) is 6.53. The Hall–Kier alpha value is -1.07. The molecule has 0 saturated heterocycles. The molecule has 1 aromatic carbocycles. The van der Waals surface area contributed by atoms with E-state index in [2.05, 4.69) is 16.9 Å². The highest BCUT2D eigenvalue weighted by Crippen LogP contribution is 2.24. The summed E-state index contributed by atoms with van der Waals surface area (Å²) < 4.78 is 31.1. The van der Waals surface area contributed by atoms with Gasteiger partial charge in [-0.1, -0.05) is 24.6 Å². The van der Waals surface area contributed by atoms with Gasteiger partial charge in [-0.05, 0) is 38.3 Å². The molecule has 0 aliphatic carbocycles. The zero-order valence-electron chi connectivity index (χ0n) is 12.1. The molecule has 5 heteroatoms. The van der Waals surface area contributed by atoms with Gasteiger partial charge in [0.1, 0.15) is 12.4 Å². The van der Waals surface area contributed by atoms with Crippen molar-refractivity contribution in [3.05, 3.63) is 28.8 Å². The maximum absolute atomic E-state index is 11.5. The minimum Gasteiger partial charge on any atom is -0.492 e. The molecule has 1 N–H and O–H groups in total. The molecule has 0 aromatic heterocycles. The van der Waals surface area contributed by atoms with E-state index in [-0.39, 0.29) is 5.75 Å². The zero-order chi connectivity index (χ0) is 14.5. The molecule has 1 rings (SSSR count). The predicted octanol–water partition coefficient (Wildman–Crippen LogP) is 2.32. The topological polar surface area (TPSA) is 55.4 Å². The van der Waals surface area contributed by atoms with Gasteiger partial charge in [-0.25, -0.2) is 13.1 Å². The first kappa shape index (κ1) is 16.0. The molecular weight excluding hydrogens is 262 g/mol. The normalized spacial score (nSPS) is 11.6. The molecule has 1 aromatic rings. The fourth-order valence-electron chi connectivity index (χ4n) is 2.09. The van der Waals surface area contributed by atoms with E-state index >= 15 is 0 Å². The quantitative estimate of drug-likeness (QED) is 0.782. The van der Waals surface area contributed by atoms with E-state index in [1.165, 1.54) is 5.56 Å². The maximum atomic E-state index is 11.5. The number of aryl methyl sites for hydroxylation is 3. The van der Waals surface area contributed by atoms with Gasteiger partial charge >= 0.3 is 0 Å². The highest BCUT2D eigenvalue weighted by atomic mass is 32.2. The van der Waals surface area contributed by atoms with Gasteiger partial charge < -0.3 is 4.74 Å². The van der Waals surface area contributed by atoms with Crippen LogP contribution in [0.2, 0.25) is 0 Å². The summed E-state index contributed by atoms with van der Waals surface area (Å²) in [7, 11) is -3.14. The predicted molar refractivity (Wildman–Crippen MR) is 78.2 cm³/mol. The molecule has 0 heterocycles. The summed E-state index contributed by atoms with van der Waals surface area (Å²) >= 11 is 0. The van der Waals surface area contributed by atoms with E-state index < -0.39 is 10.0 Å². The lowest BCUT2D eigenvalue weighted by molar-refractivity contribution is 0.318. The van der Waals surface area contributed by atoms with Crippen LogP contribution in [0, 0.1) is 20.8 Å². The molecule has 0 atom stereocenters. The Balaban J connectivity index is 2.51. The van der Waals surface area contributed by atoms with Crippen LogP contribution in [0.3, 0.4) is 0 Å². The zero-order valence-corrected chi connectivity index (χ0v) is 12.9. The first-order valence-corrected chi connectivity index (χ1v) is 8.19. The van der Waals surface area contributed by atoms with Crippen molar-refractivity contribution < 1.29 is 13.2 Å². The van der Waals surface area contributed by atoms with Crippen LogP contribution < -0.4 is 9.46 Å². The summed E-state index contributed by atoms with van der Waals surface area (Å²) in [5.41, 5.74) is 3.36. The first-order chi connectivity index (χ1) is 8.85. The molecule has 0 radical (unpaired) electrons. The Bertz CT molecular complexity index is 500. The largest absolute Gasteiger partial charge is 0.492 e. The number of rotatable bonds is 7. The van der Waals surface area contributed by atoms with E-state index in [4.69, 9.17) is 4.74 Å². The third-order valence-electron chi connectivity index (χ3n) is 2.75. The van der Waals surface area contributed by atoms with Gasteiger partial charge in [-0.2, -0.15) is 0 Å². The van der Waals surface area contributed by atoms with Crippen molar-refractivity contribution in [2.24, 2.45) is 0 Å². The van der Waals surface area contributed by atoms with Gasteiger partial charge in [0.05, 0.1) is 5.75 Å². The Labute approximate surface area is 116 Å². The van der Waals surface area contributed by atoms with Crippen molar-refractivity contribution in [3.8, 4) is 5.75 Å². The Morgan fingerprint density at radius 1 is 1.16 bits per heavy atom. The van der Waals surface area contributed by atoms with Crippen molar-refractivity contribution in [1.82, 2.24) is 4.72 Å². The third-order valence-corrected chi connectivity index (χ3v) is 4.34. The number of hydrogen-bond donors (Lipinski definition) is 1. The molecular formula is C14H23NO3S. The minimum absolute atomic E-state index is 0.162. The number of sulfonamides is 1. The lowest BCUT2D eigenvalue weighted by atomic mass is 10.1. The fraction of sp³-hybridized carbons (Fsp3) is 0.571. The van der Waals surface area contributed by atoms with Gasteiger partial charge in [-0.15, -0.1) is 0 Å². The van der Waals surface area contributed by atoms with Crippen molar-refractivity contribution >= 4 is 10.0 Å². The van der Waals surface area contributed by atoms with Gasteiger partial charge in [0, 0.05) is 6.54 Å². The molecule has 0 bridgehead atoms. The number of benzene rings is 1. The second-order valence-corrected chi connectivity index (χ2v) is 6.72. The van der Waals surface area contributed by atoms with Gasteiger partial charge in [0.2, 0.25) is 10.0 Å². The third kappa shape index (κ3) is 5.20. The van der Waals surface area contributed by atoms with E-state index in [1.54, 1.807) is 0 Å². The van der Waals surface area contributed by atoms with Gasteiger partial charge in [0.25, 0.3) is 0 Å². The number of hydrogen-bond acceptors (Lipinski definition) is 3. The van der Waals surface area contributed by atoms with E-state index in [1.807, 2.05) is 27.7 Å². The second kappa shape index (κ2) is 6.91. The summed E-state index contributed by atoms with van der Waals surface area (Å²) in [6.07, 6.45) is 0.617. The molecule has 0 saturated carbocycles. The van der Waals surface area contributed by atoms with Crippen LogP contribution in [-0.4, -0.2) is 27.3 Å². The summed E-state index contributed by atoms with van der Waals surface area (Å²) in [6, 6.07) is 4.12. The van der Waals surface area contributed by atoms with E-state index in [0.29, 0.717) is 19.6 Å². The minimum atomic E-state index is -3.14. The molecule has 0 spiro atoms. The van der Waals surface area contributed by atoms with Crippen LogP contribution in [0.5, 0.6) is 5.75 Å². The van der Waals surface area contributed by atoms with Crippen molar-refractivity contribution in [1.29, 1.82) is 0 Å². The molecule has 0 fully saturated rings. The SMILES string of the molecule is CCCS(=O)(=O)NCCOc1c(C)cc(C)cc1C. The van der Waals surface area contributed by atoms with Crippen LogP contribution in [0.15, 0.2) is 12.1 Å². The molecule has 108 valence electrons. The molecule has 0 unspecified atom stereocenters. The lowest BCUT2D eigenvalue weighted by Crippen LogP contribution is -2.30. The van der Waals surface area contributed by atoms with Crippen LogP contribution >= 0.6 is 0 Å². The maximum Gasteiger partial charge on any atom is 0.211 e. The summed E-state index contributed by atoms with van der Waals surface area (Å²) in [5, 5.41) is 0. The van der Waals surface area contributed by atoms with Crippen molar-refractivity contribution in [2.45, 2.75) is 34.1 Å². The highest BCUT2D eigenvalue weighted by molar-refractivity contribution is 7.89. The highest BCUT2D eigenvalue weighted by Gasteiger charge is 2.08. The number of nitrogens with one attached hydrogen (secondary N) is 1. The molecule has 0 amide bonds. The summed E-state index contributed by atoms with van der Waals surface area (Å²) in [5.74, 6) is 1.01. The smallest absolute Gasteiger partial charge is 0.211 e. The Morgan fingerprint density at radius 3 is 2.26 bits per heavy atom. The van der Waals surface area contributed by atoms with Crippen LogP contribution in [0.1, 0.15) is 30.0 Å².